The van der Waals surface area contributed by atoms with Crippen molar-refractivity contribution in [1.82, 2.24) is 9.13 Å². The third-order valence-electron chi connectivity index (χ3n) is 2.61. The molecule has 1 heterocycles. The van der Waals surface area contributed by atoms with Gasteiger partial charge in [0.1, 0.15) is 0 Å². The number of hydrogen-bond acceptors (Lipinski definition) is 2. The van der Waals surface area contributed by atoms with Gasteiger partial charge < -0.3 is 10.3 Å². The zero-order chi connectivity index (χ0) is 11.5. The van der Waals surface area contributed by atoms with E-state index in [1.54, 1.807) is 28.6 Å². The molecule has 0 aliphatic carbocycles. The molecule has 0 aliphatic heterocycles. The first-order valence-corrected chi connectivity index (χ1v) is 5.23. The minimum atomic E-state index is 0.0175. The van der Waals surface area contributed by atoms with Crippen LogP contribution < -0.4 is 11.4 Å². The molecule has 16 heavy (non-hydrogen) atoms. The summed E-state index contributed by atoms with van der Waals surface area (Å²) in [5, 5.41) is 0. The van der Waals surface area contributed by atoms with E-state index in [1.165, 1.54) is 0 Å². The number of nitrogens with two attached hydrogens (primary N) is 1. The summed E-state index contributed by atoms with van der Waals surface area (Å²) in [5.41, 5.74) is 7.62. The lowest BCUT2D eigenvalue weighted by Gasteiger charge is -2.03. The molecule has 0 atom stereocenters. The van der Waals surface area contributed by atoms with Crippen molar-refractivity contribution in [2.24, 2.45) is 7.05 Å². The zero-order valence-electron chi connectivity index (χ0n) is 9.26. The van der Waals surface area contributed by atoms with E-state index in [0.717, 1.165) is 17.7 Å². The van der Waals surface area contributed by atoms with Gasteiger partial charge in [0, 0.05) is 31.7 Å². The maximum absolute atomic E-state index is 11.6. The van der Waals surface area contributed by atoms with Gasteiger partial charge >= 0.3 is 5.69 Å². The minimum Gasteiger partial charge on any atom is -0.399 e. The number of aromatic nitrogens is 2. The van der Waals surface area contributed by atoms with Gasteiger partial charge in [0.05, 0.1) is 0 Å². The van der Waals surface area contributed by atoms with Crippen LogP contribution in [0, 0.1) is 0 Å². The molecule has 0 saturated carbocycles. The van der Waals surface area contributed by atoms with Crippen LogP contribution in [0.4, 0.5) is 5.69 Å². The predicted molar refractivity (Wildman–Crippen MR) is 64.2 cm³/mol. The van der Waals surface area contributed by atoms with Gasteiger partial charge in [-0.05, 0) is 24.1 Å². The normalized spacial score (nSPS) is 10.6. The Kier molecular flexibility index (Phi) is 2.81. The van der Waals surface area contributed by atoms with Crippen LogP contribution >= 0.6 is 0 Å². The van der Waals surface area contributed by atoms with Gasteiger partial charge in [-0.15, -0.1) is 0 Å². The number of benzene rings is 1. The molecule has 0 radical (unpaired) electrons. The third-order valence-corrected chi connectivity index (χ3v) is 2.61. The van der Waals surface area contributed by atoms with Crippen molar-refractivity contribution in [1.29, 1.82) is 0 Å². The molecule has 4 nitrogen and oxygen atoms in total. The zero-order valence-corrected chi connectivity index (χ0v) is 9.26. The Morgan fingerprint density at radius 2 is 2.12 bits per heavy atom. The van der Waals surface area contributed by atoms with Crippen molar-refractivity contribution < 1.29 is 0 Å². The molecule has 2 rings (SSSR count). The van der Waals surface area contributed by atoms with E-state index in [0.29, 0.717) is 6.54 Å². The summed E-state index contributed by atoms with van der Waals surface area (Å²) in [4.78, 5) is 11.6. The fourth-order valence-electron chi connectivity index (χ4n) is 1.68. The summed E-state index contributed by atoms with van der Waals surface area (Å²) in [5.74, 6) is 0. The average molecular weight is 217 g/mol. The van der Waals surface area contributed by atoms with Crippen molar-refractivity contribution in [3.05, 3.63) is 52.7 Å². The molecule has 0 bridgehead atoms. The summed E-state index contributed by atoms with van der Waals surface area (Å²) in [6.07, 6.45) is 4.38. The molecule has 2 aromatic rings. The molecule has 0 unspecified atom stereocenters. The van der Waals surface area contributed by atoms with E-state index in [9.17, 15) is 4.79 Å². The Balaban J connectivity index is 2.08. The Bertz CT molecular complexity index is 539. The molecule has 1 aromatic heterocycles. The lowest BCUT2D eigenvalue weighted by Crippen LogP contribution is -2.22. The van der Waals surface area contributed by atoms with Crippen molar-refractivity contribution in [3.63, 3.8) is 0 Å². The lowest BCUT2D eigenvalue weighted by atomic mass is 10.1. The molecule has 2 N–H and O–H groups in total. The smallest absolute Gasteiger partial charge is 0.327 e. The van der Waals surface area contributed by atoms with E-state index >= 15 is 0 Å². The average Bonchev–Trinajstić information content (AvgIpc) is 2.57. The van der Waals surface area contributed by atoms with Gasteiger partial charge in [0.2, 0.25) is 0 Å². The highest BCUT2D eigenvalue weighted by Crippen LogP contribution is 2.07. The molecule has 0 aliphatic rings. The predicted octanol–water partition coefficient (Wildman–Crippen LogP) is 1.01. The quantitative estimate of drug-likeness (QED) is 0.780. The SMILES string of the molecule is Cn1ccn(CCc2cccc(N)c2)c1=O. The van der Waals surface area contributed by atoms with Crippen LogP contribution in [0.25, 0.3) is 0 Å². The maximum Gasteiger partial charge on any atom is 0.327 e. The van der Waals surface area contributed by atoms with Crippen LogP contribution in [0.3, 0.4) is 0 Å². The van der Waals surface area contributed by atoms with Crippen LogP contribution in [0.1, 0.15) is 5.56 Å². The molecule has 4 heteroatoms. The van der Waals surface area contributed by atoms with Crippen molar-refractivity contribution >= 4 is 5.69 Å². The number of hydrogen-bond donors (Lipinski definition) is 1. The molecule has 0 fully saturated rings. The standard InChI is InChI=1S/C12H15N3O/c1-14-7-8-15(12(14)16)6-5-10-3-2-4-11(13)9-10/h2-4,7-9H,5-6,13H2,1H3. The highest BCUT2D eigenvalue weighted by atomic mass is 16.1. The molecule has 0 spiro atoms. The largest absolute Gasteiger partial charge is 0.399 e. The number of aryl methyl sites for hydroxylation is 3. The Hall–Kier alpha value is -1.97. The van der Waals surface area contributed by atoms with Crippen molar-refractivity contribution in [3.8, 4) is 0 Å². The molecule has 0 saturated heterocycles. The van der Waals surface area contributed by atoms with Crippen LogP contribution in [0.15, 0.2) is 41.5 Å². The highest BCUT2D eigenvalue weighted by Gasteiger charge is 2.00. The van der Waals surface area contributed by atoms with Crippen molar-refractivity contribution in [2.45, 2.75) is 13.0 Å². The first-order chi connectivity index (χ1) is 7.66. The fraction of sp³-hybridized carbons (Fsp3) is 0.250. The van der Waals surface area contributed by atoms with Crippen LogP contribution in [0.5, 0.6) is 0 Å². The number of nitrogens with zero attached hydrogens (tertiary/aromatic N) is 2. The number of nitrogen functional groups attached to an aromatic ring is 1. The van der Waals surface area contributed by atoms with Gasteiger partial charge in [-0.2, -0.15) is 0 Å². The maximum atomic E-state index is 11.6. The third kappa shape index (κ3) is 2.16. The van der Waals surface area contributed by atoms with E-state index in [4.69, 9.17) is 5.73 Å². The Morgan fingerprint density at radius 3 is 2.75 bits per heavy atom. The van der Waals surface area contributed by atoms with E-state index in [-0.39, 0.29) is 5.69 Å². The number of anilines is 1. The summed E-state index contributed by atoms with van der Waals surface area (Å²) in [6.45, 7) is 0.684. The minimum absolute atomic E-state index is 0.0175. The van der Waals surface area contributed by atoms with Crippen molar-refractivity contribution in [2.75, 3.05) is 5.73 Å². The molecule has 84 valence electrons. The first kappa shape index (κ1) is 10.5. The van der Waals surface area contributed by atoms with Gasteiger partial charge in [-0.25, -0.2) is 4.79 Å². The summed E-state index contributed by atoms with van der Waals surface area (Å²) < 4.78 is 3.27. The Morgan fingerprint density at radius 1 is 1.31 bits per heavy atom. The van der Waals surface area contributed by atoms with Crippen LogP contribution in [-0.4, -0.2) is 9.13 Å². The summed E-state index contributed by atoms with van der Waals surface area (Å²) in [7, 11) is 1.75. The second kappa shape index (κ2) is 4.26. The second-order valence-corrected chi connectivity index (χ2v) is 3.88. The van der Waals surface area contributed by atoms with Gasteiger partial charge in [-0.3, -0.25) is 4.57 Å². The lowest BCUT2D eigenvalue weighted by molar-refractivity contribution is 0.650. The molecular weight excluding hydrogens is 202 g/mol. The second-order valence-electron chi connectivity index (χ2n) is 3.88. The number of imidazole rings is 1. The summed E-state index contributed by atoms with van der Waals surface area (Å²) in [6, 6.07) is 7.74. The number of rotatable bonds is 3. The Labute approximate surface area is 93.9 Å². The van der Waals surface area contributed by atoms with Crippen LogP contribution in [-0.2, 0) is 20.0 Å². The molecule has 1 aromatic carbocycles. The highest BCUT2D eigenvalue weighted by molar-refractivity contribution is 5.40. The molecular formula is C12H15N3O. The van der Waals surface area contributed by atoms with Crippen LogP contribution in [0.2, 0.25) is 0 Å². The monoisotopic (exact) mass is 217 g/mol. The fourth-order valence-corrected chi connectivity index (χ4v) is 1.68. The van der Waals surface area contributed by atoms with Gasteiger partial charge in [-0.1, -0.05) is 12.1 Å². The van der Waals surface area contributed by atoms with Gasteiger partial charge in [0.25, 0.3) is 0 Å². The van der Waals surface area contributed by atoms with E-state index in [1.807, 2.05) is 24.3 Å². The van der Waals surface area contributed by atoms with E-state index in [2.05, 4.69) is 0 Å². The first-order valence-electron chi connectivity index (χ1n) is 5.23. The van der Waals surface area contributed by atoms with Gasteiger partial charge in [0.15, 0.2) is 0 Å². The topological polar surface area (TPSA) is 52.9 Å². The molecule has 0 amide bonds. The van der Waals surface area contributed by atoms with E-state index < -0.39 is 0 Å². The summed E-state index contributed by atoms with van der Waals surface area (Å²) >= 11 is 0.